The Bertz CT molecular complexity index is 658. The average Bonchev–Trinajstić information content (AvgIpc) is 2.88. The van der Waals surface area contributed by atoms with Gasteiger partial charge < -0.3 is 5.11 Å². The van der Waals surface area contributed by atoms with E-state index in [1.54, 1.807) is 6.07 Å². The van der Waals surface area contributed by atoms with Gasteiger partial charge in [0.05, 0.1) is 0 Å². The molecule has 7 nitrogen and oxygen atoms in total. The lowest BCUT2D eigenvalue weighted by Crippen LogP contribution is -2.54. The van der Waals surface area contributed by atoms with Crippen LogP contribution in [0, 0.1) is 11.3 Å². The molecule has 106 valence electrons. The summed E-state index contributed by atoms with van der Waals surface area (Å²) >= 11 is 1.38. The highest BCUT2D eigenvalue weighted by Gasteiger charge is 2.45. The van der Waals surface area contributed by atoms with Gasteiger partial charge in [-0.2, -0.15) is 21.7 Å². The SMILES string of the molecule is N#Cc1ccc(S(=O)(=O)NC2(C(=O)O)CCSC2)cn1. The van der Waals surface area contributed by atoms with Gasteiger partial charge in [-0.15, -0.1) is 0 Å². The van der Waals surface area contributed by atoms with Crippen molar-refractivity contribution < 1.29 is 18.3 Å². The van der Waals surface area contributed by atoms with E-state index in [2.05, 4.69) is 9.71 Å². The molecule has 0 saturated carbocycles. The molecular formula is C11H11N3O4S2. The number of thioether (sulfide) groups is 1. The van der Waals surface area contributed by atoms with E-state index < -0.39 is 21.5 Å². The maximum Gasteiger partial charge on any atom is 0.325 e. The van der Waals surface area contributed by atoms with Crippen LogP contribution in [0.3, 0.4) is 0 Å². The molecule has 2 rings (SSSR count). The number of carboxylic acids is 1. The molecule has 1 unspecified atom stereocenters. The van der Waals surface area contributed by atoms with Gasteiger partial charge in [0.1, 0.15) is 22.2 Å². The van der Waals surface area contributed by atoms with E-state index in [-0.39, 0.29) is 22.8 Å². The third kappa shape index (κ3) is 2.77. The molecule has 0 aliphatic carbocycles. The van der Waals surface area contributed by atoms with Crippen molar-refractivity contribution in [2.45, 2.75) is 16.9 Å². The van der Waals surface area contributed by atoms with Crippen LogP contribution in [0.25, 0.3) is 0 Å². The summed E-state index contributed by atoms with van der Waals surface area (Å²) in [6.07, 6.45) is 1.27. The highest BCUT2D eigenvalue weighted by Crippen LogP contribution is 2.29. The van der Waals surface area contributed by atoms with Gasteiger partial charge >= 0.3 is 5.97 Å². The zero-order chi connectivity index (χ0) is 14.8. The number of carbonyl (C=O) groups is 1. The second-order valence-corrected chi connectivity index (χ2v) is 7.07. The minimum absolute atomic E-state index is 0.0910. The predicted octanol–water partition coefficient (Wildman–Crippen LogP) is 0.192. The molecule has 0 aromatic carbocycles. The number of pyridine rings is 1. The summed E-state index contributed by atoms with van der Waals surface area (Å²) in [7, 11) is -3.99. The molecule has 0 bridgehead atoms. The van der Waals surface area contributed by atoms with Gasteiger partial charge in [0.15, 0.2) is 0 Å². The van der Waals surface area contributed by atoms with Crippen LogP contribution < -0.4 is 4.72 Å². The first-order valence-corrected chi connectivity index (χ1v) is 8.25. The molecule has 1 aromatic heterocycles. The van der Waals surface area contributed by atoms with Gasteiger partial charge in [0.2, 0.25) is 10.0 Å². The summed E-state index contributed by atoms with van der Waals surface area (Å²) in [5.74, 6) is -0.418. The number of sulfonamides is 1. The van der Waals surface area contributed by atoms with Gasteiger partial charge in [0.25, 0.3) is 0 Å². The maximum absolute atomic E-state index is 12.2. The summed E-state index contributed by atoms with van der Waals surface area (Å²) in [5, 5.41) is 17.9. The van der Waals surface area contributed by atoms with Crippen molar-refractivity contribution in [1.29, 1.82) is 5.26 Å². The Morgan fingerprint density at radius 2 is 2.30 bits per heavy atom. The van der Waals surface area contributed by atoms with Gasteiger partial charge in [-0.25, -0.2) is 13.4 Å². The minimum Gasteiger partial charge on any atom is -0.480 e. The van der Waals surface area contributed by atoms with Crippen molar-refractivity contribution in [2.24, 2.45) is 0 Å². The quantitative estimate of drug-likeness (QED) is 0.814. The van der Waals surface area contributed by atoms with Crippen molar-refractivity contribution >= 4 is 27.8 Å². The van der Waals surface area contributed by atoms with E-state index in [1.165, 1.54) is 23.9 Å². The number of hydrogen-bond acceptors (Lipinski definition) is 6. The molecule has 1 saturated heterocycles. The van der Waals surface area contributed by atoms with E-state index in [9.17, 15) is 18.3 Å². The predicted molar refractivity (Wildman–Crippen MR) is 71.6 cm³/mol. The second kappa shape index (κ2) is 5.40. The largest absolute Gasteiger partial charge is 0.480 e. The zero-order valence-corrected chi connectivity index (χ0v) is 11.9. The number of aliphatic carboxylic acids is 1. The molecule has 2 N–H and O–H groups in total. The molecule has 20 heavy (non-hydrogen) atoms. The Kier molecular flexibility index (Phi) is 3.99. The molecule has 1 aromatic rings. The lowest BCUT2D eigenvalue weighted by Gasteiger charge is -2.24. The molecule has 0 spiro atoms. The number of carboxylic acid groups (broad SMARTS) is 1. The van der Waals surface area contributed by atoms with Gasteiger partial charge in [-0.05, 0) is 24.3 Å². The molecule has 1 aliphatic heterocycles. The molecule has 0 radical (unpaired) electrons. The van der Waals surface area contributed by atoms with Crippen molar-refractivity contribution in [3.05, 3.63) is 24.0 Å². The Balaban J connectivity index is 2.30. The van der Waals surface area contributed by atoms with Crippen LogP contribution in [-0.2, 0) is 14.8 Å². The van der Waals surface area contributed by atoms with Crippen molar-refractivity contribution in [2.75, 3.05) is 11.5 Å². The van der Waals surface area contributed by atoms with E-state index in [0.717, 1.165) is 6.20 Å². The topological polar surface area (TPSA) is 120 Å². The fraction of sp³-hybridized carbons (Fsp3) is 0.364. The fourth-order valence-corrected chi connectivity index (χ4v) is 4.53. The molecule has 1 fully saturated rings. The van der Waals surface area contributed by atoms with Gasteiger partial charge in [-0.1, -0.05) is 0 Å². The standard InChI is InChI=1S/C11H11N3O4S2/c12-5-8-1-2-9(6-13-8)20(17,18)14-11(10(15)16)3-4-19-7-11/h1-2,6,14H,3-4,7H2,(H,15,16). The number of nitriles is 1. The monoisotopic (exact) mass is 313 g/mol. The molecule has 0 amide bonds. The van der Waals surface area contributed by atoms with E-state index in [1.807, 2.05) is 0 Å². The van der Waals surface area contributed by atoms with Crippen molar-refractivity contribution in [3.8, 4) is 6.07 Å². The maximum atomic E-state index is 12.2. The second-order valence-electron chi connectivity index (χ2n) is 4.29. The van der Waals surface area contributed by atoms with Crippen LogP contribution in [-0.4, -0.2) is 41.5 Å². The molecular weight excluding hydrogens is 302 g/mol. The van der Waals surface area contributed by atoms with Crippen LogP contribution in [0.1, 0.15) is 12.1 Å². The van der Waals surface area contributed by atoms with Crippen molar-refractivity contribution in [3.63, 3.8) is 0 Å². The normalized spacial score (nSPS) is 22.4. The first kappa shape index (κ1) is 14.8. The minimum atomic E-state index is -3.99. The van der Waals surface area contributed by atoms with Crippen LogP contribution in [0.5, 0.6) is 0 Å². The number of hydrogen-bond donors (Lipinski definition) is 2. The summed E-state index contributed by atoms with van der Waals surface area (Å²) < 4.78 is 26.6. The number of nitrogens with zero attached hydrogens (tertiary/aromatic N) is 2. The number of aromatic nitrogens is 1. The Hall–Kier alpha value is -1.63. The van der Waals surface area contributed by atoms with Gasteiger partial charge in [-0.3, -0.25) is 4.79 Å². The Morgan fingerprint density at radius 1 is 1.55 bits per heavy atom. The molecule has 1 atom stereocenters. The third-order valence-corrected chi connectivity index (χ3v) is 5.63. The molecule has 9 heteroatoms. The first-order chi connectivity index (χ1) is 9.39. The van der Waals surface area contributed by atoms with E-state index in [0.29, 0.717) is 5.75 Å². The van der Waals surface area contributed by atoms with E-state index >= 15 is 0 Å². The number of nitrogens with one attached hydrogen (secondary N) is 1. The van der Waals surface area contributed by atoms with Crippen LogP contribution in [0.4, 0.5) is 0 Å². The van der Waals surface area contributed by atoms with Crippen LogP contribution in [0.2, 0.25) is 0 Å². The summed E-state index contributed by atoms with van der Waals surface area (Å²) in [5.41, 5.74) is -1.38. The van der Waals surface area contributed by atoms with Crippen LogP contribution in [0.15, 0.2) is 23.2 Å². The third-order valence-electron chi connectivity index (χ3n) is 2.92. The summed E-state index contributed by atoms with van der Waals surface area (Å²) in [4.78, 5) is 14.8. The average molecular weight is 313 g/mol. The van der Waals surface area contributed by atoms with E-state index in [4.69, 9.17) is 5.26 Å². The summed E-state index contributed by atoms with van der Waals surface area (Å²) in [6.45, 7) is 0. The highest BCUT2D eigenvalue weighted by atomic mass is 32.2. The summed E-state index contributed by atoms with van der Waals surface area (Å²) in [6, 6.07) is 4.28. The van der Waals surface area contributed by atoms with Gasteiger partial charge in [0, 0.05) is 11.9 Å². The highest BCUT2D eigenvalue weighted by molar-refractivity contribution is 7.99. The fourth-order valence-electron chi connectivity index (χ4n) is 1.78. The molecule has 2 heterocycles. The lowest BCUT2D eigenvalue weighted by atomic mass is 10.0. The zero-order valence-electron chi connectivity index (χ0n) is 10.2. The Labute approximate surface area is 120 Å². The Morgan fingerprint density at radius 3 is 2.75 bits per heavy atom. The lowest BCUT2D eigenvalue weighted by molar-refractivity contribution is -0.142. The smallest absolute Gasteiger partial charge is 0.325 e. The van der Waals surface area contributed by atoms with Crippen LogP contribution >= 0.6 is 11.8 Å². The van der Waals surface area contributed by atoms with Crippen molar-refractivity contribution in [1.82, 2.24) is 9.71 Å². The first-order valence-electron chi connectivity index (χ1n) is 5.61. The molecule has 1 aliphatic rings. The number of rotatable bonds is 4.